The molecule has 2 rings (SSSR count). The highest BCUT2D eigenvalue weighted by molar-refractivity contribution is 7.99. The van der Waals surface area contributed by atoms with E-state index < -0.39 is 0 Å². The van der Waals surface area contributed by atoms with Crippen molar-refractivity contribution >= 4 is 11.8 Å². The molecule has 0 aliphatic carbocycles. The summed E-state index contributed by atoms with van der Waals surface area (Å²) in [5.74, 6) is 1.16. The third-order valence-corrected chi connectivity index (χ3v) is 4.87. The standard InChI is InChI=1S/C16H25NOS/c1-2-13-19-15-7-5-14(6-8-15)16(18)9-12-17-10-3-4-11-17/h5-8,16,18H,2-4,9-13H2,1H3. The van der Waals surface area contributed by atoms with E-state index >= 15 is 0 Å². The summed E-state index contributed by atoms with van der Waals surface area (Å²) in [5, 5.41) is 10.2. The van der Waals surface area contributed by atoms with Gasteiger partial charge in [-0.15, -0.1) is 11.8 Å². The topological polar surface area (TPSA) is 23.5 Å². The van der Waals surface area contributed by atoms with Gasteiger partial charge in [-0.2, -0.15) is 0 Å². The van der Waals surface area contributed by atoms with Crippen LogP contribution >= 0.6 is 11.8 Å². The Bertz CT molecular complexity index is 360. The first-order chi connectivity index (χ1) is 9.29. The van der Waals surface area contributed by atoms with Crippen LogP contribution in [0.25, 0.3) is 0 Å². The van der Waals surface area contributed by atoms with Crippen LogP contribution in [0.1, 0.15) is 44.3 Å². The number of aliphatic hydroxyl groups is 1. The fourth-order valence-electron chi connectivity index (χ4n) is 2.48. The predicted octanol–water partition coefficient (Wildman–Crippen LogP) is 3.71. The van der Waals surface area contributed by atoms with Crippen molar-refractivity contribution in [1.82, 2.24) is 4.90 Å². The van der Waals surface area contributed by atoms with Crippen LogP contribution in [0.2, 0.25) is 0 Å². The van der Waals surface area contributed by atoms with E-state index in [2.05, 4.69) is 36.1 Å². The van der Waals surface area contributed by atoms with Gasteiger partial charge in [0.25, 0.3) is 0 Å². The summed E-state index contributed by atoms with van der Waals surface area (Å²) in [6.07, 6.45) is 4.37. The number of nitrogens with zero attached hydrogens (tertiary/aromatic N) is 1. The lowest BCUT2D eigenvalue weighted by Gasteiger charge is -2.17. The monoisotopic (exact) mass is 279 g/mol. The molecule has 1 heterocycles. The maximum absolute atomic E-state index is 10.2. The molecular weight excluding hydrogens is 254 g/mol. The van der Waals surface area contributed by atoms with Gasteiger partial charge < -0.3 is 10.0 Å². The van der Waals surface area contributed by atoms with Gasteiger partial charge >= 0.3 is 0 Å². The minimum Gasteiger partial charge on any atom is -0.388 e. The summed E-state index contributed by atoms with van der Waals surface area (Å²) in [5.41, 5.74) is 1.06. The molecule has 0 aromatic heterocycles. The number of likely N-dealkylation sites (tertiary alicyclic amines) is 1. The Morgan fingerprint density at radius 1 is 1.21 bits per heavy atom. The van der Waals surface area contributed by atoms with Gasteiger partial charge in [-0.3, -0.25) is 0 Å². The summed E-state index contributed by atoms with van der Waals surface area (Å²) < 4.78 is 0. The van der Waals surface area contributed by atoms with E-state index in [1.807, 2.05) is 11.8 Å². The van der Waals surface area contributed by atoms with Gasteiger partial charge in [0.1, 0.15) is 0 Å². The Morgan fingerprint density at radius 2 is 1.89 bits per heavy atom. The molecule has 1 saturated heterocycles. The highest BCUT2D eigenvalue weighted by Gasteiger charge is 2.14. The van der Waals surface area contributed by atoms with E-state index in [0.717, 1.165) is 24.3 Å². The maximum Gasteiger partial charge on any atom is 0.0802 e. The molecule has 3 heteroatoms. The smallest absolute Gasteiger partial charge is 0.0802 e. The van der Waals surface area contributed by atoms with Gasteiger partial charge in [0, 0.05) is 11.4 Å². The Hall–Kier alpha value is -0.510. The highest BCUT2D eigenvalue weighted by Crippen LogP contribution is 2.23. The fourth-order valence-corrected chi connectivity index (χ4v) is 3.25. The Morgan fingerprint density at radius 3 is 2.53 bits per heavy atom. The van der Waals surface area contributed by atoms with Crippen molar-refractivity contribution in [2.24, 2.45) is 0 Å². The van der Waals surface area contributed by atoms with Crippen molar-refractivity contribution in [3.8, 4) is 0 Å². The van der Waals surface area contributed by atoms with Crippen LogP contribution in [-0.4, -0.2) is 35.4 Å². The molecule has 0 saturated carbocycles. The number of hydrogen-bond donors (Lipinski definition) is 1. The second-order valence-electron chi connectivity index (χ2n) is 5.27. The lowest BCUT2D eigenvalue weighted by molar-refractivity contribution is 0.149. The van der Waals surface area contributed by atoms with Crippen molar-refractivity contribution < 1.29 is 5.11 Å². The van der Waals surface area contributed by atoms with Crippen LogP contribution in [0, 0.1) is 0 Å². The molecule has 1 aliphatic rings. The third kappa shape index (κ3) is 4.83. The van der Waals surface area contributed by atoms with Gasteiger partial charge in [0.05, 0.1) is 6.10 Å². The van der Waals surface area contributed by atoms with Crippen molar-refractivity contribution in [3.63, 3.8) is 0 Å². The van der Waals surface area contributed by atoms with Crippen LogP contribution in [0.4, 0.5) is 0 Å². The largest absolute Gasteiger partial charge is 0.388 e. The molecule has 0 bridgehead atoms. The van der Waals surface area contributed by atoms with Crippen LogP contribution in [-0.2, 0) is 0 Å². The normalized spacial score (nSPS) is 17.8. The fraction of sp³-hybridized carbons (Fsp3) is 0.625. The third-order valence-electron chi connectivity index (χ3n) is 3.66. The minimum absolute atomic E-state index is 0.314. The van der Waals surface area contributed by atoms with Crippen molar-refractivity contribution in [2.45, 2.75) is 43.6 Å². The first-order valence-electron chi connectivity index (χ1n) is 7.43. The number of benzene rings is 1. The second-order valence-corrected chi connectivity index (χ2v) is 6.44. The van der Waals surface area contributed by atoms with E-state index in [-0.39, 0.29) is 6.10 Å². The van der Waals surface area contributed by atoms with Crippen molar-refractivity contribution in [1.29, 1.82) is 0 Å². The molecule has 1 aliphatic heterocycles. The molecule has 19 heavy (non-hydrogen) atoms. The van der Waals surface area contributed by atoms with Gasteiger partial charge in [0.15, 0.2) is 0 Å². The zero-order chi connectivity index (χ0) is 13.5. The average molecular weight is 279 g/mol. The van der Waals surface area contributed by atoms with E-state index in [1.54, 1.807) is 0 Å². The molecule has 0 radical (unpaired) electrons. The number of thioether (sulfide) groups is 1. The number of aliphatic hydroxyl groups excluding tert-OH is 1. The molecule has 0 spiro atoms. The van der Waals surface area contributed by atoms with E-state index in [0.29, 0.717) is 0 Å². The van der Waals surface area contributed by atoms with E-state index in [1.165, 1.54) is 37.2 Å². The Kier molecular flexibility index (Phi) is 6.21. The summed E-state index contributed by atoms with van der Waals surface area (Å²) in [4.78, 5) is 3.76. The first kappa shape index (κ1) is 14.9. The molecule has 1 aromatic carbocycles. The molecule has 1 atom stereocenters. The highest BCUT2D eigenvalue weighted by atomic mass is 32.2. The van der Waals surface area contributed by atoms with Crippen LogP contribution in [0.15, 0.2) is 29.2 Å². The lowest BCUT2D eigenvalue weighted by Crippen LogP contribution is -2.22. The summed E-state index contributed by atoms with van der Waals surface area (Å²) in [7, 11) is 0. The minimum atomic E-state index is -0.314. The molecule has 1 fully saturated rings. The quantitative estimate of drug-likeness (QED) is 0.770. The summed E-state index contributed by atoms with van der Waals surface area (Å²) in [6, 6.07) is 8.42. The van der Waals surface area contributed by atoms with Crippen LogP contribution in [0.3, 0.4) is 0 Å². The molecule has 106 valence electrons. The van der Waals surface area contributed by atoms with Gasteiger partial charge in [-0.25, -0.2) is 0 Å². The van der Waals surface area contributed by atoms with Crippen LogP contribution < -0.4 is 0 Å². The lowest BCUT2D eigenvalue weighted by atomic mass is 10.1. The maximum atomic E-state index is 10.2. The van der Waals surface area contributed by atoms with Gasteiger partial charge in [-0.1, -0.05) is 19.1 Å². The Balaban J connectivity index is 1.79. The van der Waals surface area contributed by atoms with Gasteiger partial charge in [-0.05, 0) is 62.2 Å². The molecule has 1 unspecified atom stereocenters. The average Bonchev–Trinajstić information content (AvgIpc) is 2.96. The molecule has 0 amide bonds. The Labute approximate surface area is 121 Å². The molecular formula is C16H25NOS. The zero-order valence-electron chi connectivity index (χ0n) is 11.8. The first-order valence-corrected chi connectivity index (χ1v) is 8.41. The number of rotatable bonds is 7. The number of hydrogen-bond acceptors (Lipinski definition) is 3. The zero-order valence-corrected chi connectivity index (χ0v) is 12.7. The summed E-state index contributed by atoms with van der Waals surface area (Å²) in [6.45, 7) is 5.63. The SMILES string of the molecule is CCCSc1ccc(C(O)CCN2CCCC2)cc1. The van der Waals surface area contributed by atoms with Crippen LogP contribution in [0.5, 0.6) is 0 Å². The molecule has 1 aromatic rings. The second kappa shape index (κ2) is 7.93. The van der Waals surface area contributed by atoms with Gasteiger partial charge in [0.2, 0.25) is 0 Å². The summed E-state index contributed by atoms with van der Waals surface area (Å²) >= 11 is 1.88. The van der Waals surface area contributed by atoms with E-state index in [4.69, 9.17) is 0 Å². The predicted molar refractivity (Wildman–Crippen MR) is 82.7 cm³/mol. The van der Waals surface area contributed by atoms with Crippen molar-refractivity contribution in [3.05, 3.63) is 29.8 Å². The molecule has 1 N–H and O–H groups in total. The van der Waals surface area contributed by atoms with E-state index in [9.17, 15) is 5.11 Å². The van der Waals surface area contributed by atoms with Crippen molar-refractivity contribution in [2.75, 3.05) is 25.4 Å². The molecule has 2 nitrogen and oxygen atoms in total.